The van der Waals surface area contributed by atoms with Crippen molar-refractivity contribution in [2.24, 2.45) is 0 Å². The molecule has 1 aromatic carbocycles. The van der Waals surface area contributed by atoms with E-state index in [1.807, 2.05) is 0 Å². The zero-order chi connectivity index (χ0) is 14.1. The van der Waals surface area contributed by atoms with Crippen LogP contribution in [0.5, 0.6) is 0 Å². The number of nitrogens with one attached hydrogen (secondary N) is 3. The van der Waals surface area contributed by atoms with Crippen LogP contribution >= 0.6 is 0 Å². The van der Waals surface area contributed by atoms with E-state index in [-0.39, 0.29) is 11.5 Å². The minimum atomic E-state index is -0.703. The summed E-state index contributed by atoms with van der Waals surface area (Å²) < 4.78 is 27.3. The SMILES string of the molecule is CNc1nc(Nc2c(F)cccc2F)c2cn[nH]c2n1. The highest BCUT2D eigenvalue weighted by atomic mass is 19.1. The molecule has 0 saturated heterocycles. The minimum absolute atomic E-state index is 0.261. The minimum Gasteiger partial charge on any atom is -0.357 e. The molecule has 0 amide bonds. The van der Waals surface area contributed by atoms with Crippen molar-refractivity contribution in [3.63, 3.8) is 0 Å². The molecule has 2 aromatic heterocycles. The lowest BCUT2D eigenvalue weighted by Crippen LogP contribution is -2.03. The summed E-state index contributed by atoms with van der Waals surface area (Å²) in [6.45, 7) is 0. The van der Waals surface area contributed by atoms with Gasteiger partial charge in [0.05, 0.1) is 11.6 Å². The number of nitrogens with zero attached hydrogens (tertiary/aromatic N) is 3. The molecule has 0 bridgehead atoms. The molecule has 0 atom stereocenters. The van der Waals surface area contributed by atoms with E-state index >= 15 is 0 Å². The Morgan fingerprint density at radius 3 is 2.60 bits per heavy atom. The Bertz CT molecular complexity index is 749. The van der Waals surface area contributed by atoms with Gasteiger partial charge in [-0.25, -0.2) is 8.78 Å². The molecule has 20 heavy (non-hydrogen) atoms. The second-order valence-electron chi connectivity index (χ2n) is 4.00. The van der Waals surface area contributed by atoms with Crippen LogP contribution < -0.4 is 10.6 Å². The van der Waals surface area contributed by atoms with Gasteiger partial charge in [-0.15, -0.1) is 0 Å². The molecule has 102 valence electrons. The molecule has 0 aliphatic heterocycles. The van der Waals surface area contributed by atoms with Gasteiger partial charge in [0, 0.05) is 7.05 Å². The van der Waals surface area contributed by atoms with Crippen molar-refractivity contribution >= 4 is 28.5 Å². The molecule has 6 nitrogen and oxygen atoms in total. The highest BCUT2D eigenvalue weighted by Crippen LogP contribution is 2.26. The highest BCUT2D eigenvalue weighted by Gasteiger charge is 2.13. The lowest BCUT2D eigenvalue weighted by atomic mass is 10.3. The predicted octanol–water partition coefficient (Wildman–Crippen LogP) is 2.42. The zero-order valence-corrected chi connectivity index (χ0v) is 10.4. The van der Waals surface area contributed by atoms with E-state index in [9.17, 15) is 8.78 Å². The third kappa shape index (κ3) is 2.00. The largest absolute Gasteiger partial charge is 0.357 e. The maximum atomic E-state index is 13.7. The maximum absolute atomic E-state index is 13.7. The second-order valence-corrected chi connectivity index (χ2v) is 4.00. The number of anilines is 3. The third-order valence-electron chi connectivity index (χ3n) is 2.74. The quantitative estimate of drug-likeness (QED) is 0.684. The van der Waals surface area contributed by atoms with Crippen molar-refractivity contribution in [3.8, 4) is 0 Å². The van der Waals surface area contributed by atoms with Crippen LogP contribution in [0.15, 0.2) is 24.4 Å². The van der Waals surface area contributed by atoms with Gasteiger partial charge in [-0.1, -0.05) is 6.07 Å². The smallest absolute Gasteiger partial charge is 0.226 e. The van der Waals surface area contributed by atoms with Crippen LogP contribution in [0.4, 0.5) is 26.2 Å². The Kier molecular flexibility index (Phi) is 2.90. The van der Waals surface area contributed by atoms with Gasteiger partial charge in [0.1, 0.15) is 23.1 Å². The number of halogens is 2. The molecule has 2 heterocycles. The van der Waals surface area contributed by atoms with E-state index < -0.39 is 11.6 Å². The first-order valence-corrected chi connectivity index (χ1v) is 5.79. The highest BCUT2D eigenvalue weighted by molar-refractivity contribution is 5.89. The number of aromatic amines is 1. The first-order valence-electron chi connectivity index (χ1n) is 5.79. The molecule has 0 aliphatic carbocycles. The molecule has 3 aromatic rings. The fourth-order valence-electron chi connectivity index (χ4n) is 1.78. The number of benzene rings is 1. The number of fused-ring (bicyclic) bond motifs is 1. The van der Waals surface area contributed by atoms with E-state index in [2.05, 4.69) is 30.8 Å². The molecular formula is C12H10F2N6. The van der Waals surface area contributed by atoms with E-state index in [0.717, 1.165) is 12.1 Å². The van der Waals surface area contributed by atoms with Crippen LogP contribution in [-0.4, -0.2) is 27.2 Å². The first kappa shape index (κ1) is 12.3. The molecule has 0 radical (unpaired) electrons. The summed E-state index contributed by atoms with van der Waals surface area (Å²) in [5, 5.41) is 12.5. The summed E-state index contributed by atoms with van der Waals surface area (Å²) in [4.78, 5) is 8.28. The Morgan fingerprint density at radius 2 is 1.90 bits per heavy atom. The third-order valence-corrected chi connectivity index (χ3v) is 2.74. The monoisotopic (exact) mass is 276 g/mol. The van der Waals surface area contributed by atoms with Crippen LogP contribution in [0.25, 0.3) is 11.0 Å². The van der Waals surface area contributed by atoms with E-state index in [1.165, 1.54) is 12.3 Å². The number of aromatic nitrogens is 4. The van der Waals surface area contributed by atoms with Crippen molar-refractivity contribution in [1.29, 1.82) is 0 Å². The Hall–Kier alpha value is -2.77. The number of hydrogen-bond acceptors (Lipinski definition) is 5. The van der Waals surface area contributed by atoms with Gasteiger partial charge in [0.2, 0.25) is 5.95 Å². The Labute approximate surface area is 112 Å². The van der Waals surface area contributed by atoms with Crippen LogP contribution in [0, 0.1) is 11.6 Å². The topological polar surface area (TPSA) is 78.5 Å². The number of rotatable bonds is 3. The molecule has 0 spiro atoms. The van der Waals surface area contributed by atoms with Crippen molar-refractivity contribution < 1.29 is 8.78 Å². The molecule has 3 N–H and O–H groups in total. The average Bonchev–Trinajstić information content (AvgIpc) is 2.91. The van der Waals surface area contributed by atoms with Crippen LogP contribution in [0.3, 0.4) is 0 Å². The lowest BCUT2D eigenvalue weighted by Gasteiger charge is -2.09. The fourth-order valence-corrected chi connectivity index (χ4v) is 1.78. The normalized spacial score (nSPS) is 10.8. The zero-order valence-electron chi connectivity index (χ0n) is 10.4. The summed E-state index contributed by atoms with van der Waals surface area (Å²) in [7, 11) is 1.64. The second kappa shape index (κ2) is 4.72. The van der Waals surface area contributed by atoms with E-state index in [1.54, 1.807) is 7.05 Å². The van der Waals surface area contributed by atoms with Gasteiger partial charge >= 0.3 is 0 Å². The first-order chi connectivity index (χ1) is 9.69. The molecule has 0 fully saturated rings. The summed E-state index contributed by atoms with van der Waals surface area (Å²) in [5.41, 5.74) is 0.194. The van der Waals surface area contributed by atoms with Gasteiger partial charge < -0.3 is 10.6 Å². The summed E-state index contributed by atoms with van der Waals surface area (Å²) in [6, 6.07) is 3.62. The van der Waals surface area contributed by atoms with Gasteiger partial charge in [-0.2, -0.15) is 15.1 Å². The van der Waals surface area contributed by atoms with Gasteiger partial charge in [-0.3, -0.25) is 5.10 Å². The molecule has 0 aliphatic rings. The van der Waals surface area contributed by atoms with Crippen molar-refractivity contribution in [3.05, 3.63) is 36.0 Å². The Balaban J connectivity index is 2.12. The average molecular weight is 276 g/mol. The standard InChI is InChI=1S/C12H10F2N6/c1-15-12-18-10(6-5-16-20-11(6)19-12)17-9-7(13)3-2-4-8(9)14/h2-5H,1H3,(H3,15,16,17,18,19,20). The maximum Gasteiger partial charge on any atom is 0.226 e. The fraction of sp³-hybridized carbons (Fsp3) is 0.0833. The van der Waals surface area contributed by atoms with Gasteiger partial charge in [0.25, 0.3) is 0 Å². The Morgan fingerprint density at radius 1 is 1.15 bits per heavy atom. The van der Waals surface area contributed by atoms with Crippen molar-refractivity contribution in [1.82, 2.24) is 20.2 Å². The molecular weight excluding hydrogens is 266 g/mol. The van der Waals surface area contributed by atoms with Crippen molar-refractivity contribution in [2.45, 2.75) is 0 Å². The van der Waals surface area contributed by atoms with Crippen LogP contribution in [0.2, 0.25) is 0 Å². The van der Waals surface area contributed by atoms with Gasteiger partial charge in [0.15, 0.2) is 5.65 Å². The van der Waals surface area contributed by atoms with Gasteiger partial charge in [-0.05, 0) is 12.1 Å². The number of hydrogen-bond donors (Lipinski definition) is 3. The number of para-hydroxylation sites is 1. The van der Waals surface area contributed by atoms with E-state index in [0.29, 0.717) is 17.0 Å². The molecule has 0 saturated carbocycles. The van der Waals surface area contributed by atoms with Crippen LogP contribution in [-0.2, 0) is 0 Å². The van der Waals surface area contributed by atoms with Crippen LogP contribution in [0.1, 0.15) is 0 Å². The molecule has 3 rings (SSSR count). The predicted molar refractivity (Wildman–Crippen MR) is 70.9 cm³/mol. The summed E-state index contributed by atoms with van der Waals surface area (Å²) in [5.74, 6) is -0.837. The lowest BCUT2D eigenvalue weighted by molar-refractivity contribution is 0.590. The van der Waals surface area contributed by atoms with E-state index in [4.69, 9.17) is 0 Å². The molecule has 0 unspecified atom stereocenters. The summed E-state index contributed by atoms with van der Waals surface area (Å²) >= 11 is 0. The number of H-pyrrole nitrogens is 1. The van der Waals surface area contributed by atoms with Crippen molar-refractivity contribution in [2.75, 3.05) is 17.7 Å². The summed E-state index contributed by atoms with van der Waals surface area (Å²) in [6.07, 6.45) is 1.48. The molecule has 8 heteroatoms.